The summed E-state index contributed by atoms with van der Waals surface area (Å²) >= 11 is 0. The van der Waals surface area contributed by atoms with E-state index in [4.69, 9.17) is 0 Å². The molecule has 2 aromatic rings. The third kappa shape index (κ3) is 5.97. The Kier molecular flexibility index (Phi) is 7.20. The third-order valence-corrected chi connectivity index (χ3v) is 5.62. The standard InChI is InChI=1S/C23H29F3N4O/c1-15(23(24,25)26)22-19-7-4-8-21(28-17-9-12-30(3)13-10-17)20(19)14-18(29-22)6-5-11-27-16(2)31/h4,7-8,14,17,28H,1,5-6,9-13H2,2-3H3,(H,27,31). The molecule has 31 heavy (non-hydrogen) atoms. The van der Waals surface area contributed by atoms with Crippen molar-refractivity contribution < 1.29 is 18.0 Å². The van der Waals surface area contributed by atoms with Crippen molar-refractivity contribution in [2.45, 2.75) is 44.8 Å². The van der Waals surface area contributed by atoms with Gasteiger partial charge < -0.3 is 15.5 Å². The molecule has 2 heterocycles. The Morgan fingerprint density at radius 2 is 1.97 bits per heavy atom. The van der Waals surface area contributed by atoms with Crippen LogP contribution in [0.5, 0.6) is 0 Å². The first-order valence-electron chi connectivity index (χ1n) is 10.5. The first-order valence-corrected chi connectivity index (χ1v) is 10.5. The monoisotopic (exact) mass is 434 g/mol. The molecule has 8 heteroatoms. The van der Waals surface area contributed by atoms with Gasteiger partial charge in [0.25, 0.3) is 0 Å². The van der Waals surface area contributed by atoms with Gasteiger partial charge in [0, 0.05) is 41.7 Å². The molecule has 1 fully saturated rings. The Balaban J connectivity index is 1.96. The second-order valence-corrected chi connectivity index (χ2v) is 8.15. The van der Waals surface area contributed by atoms with Crippen LogP contribution in [-0.2, 0) is 11.2 Å². The summed E-state index contributed by atoms with van der Waals surface area (Å²) in [6.07, 6.45) is -1.57. The summed E-state index contributed by atoms with van der Waals surface area (Å²) in [5, 5.41) is 7.39. The molecular formula is C23H29F3N4O. The maximum Gasteiger partial charge on any atom is 0.417 e. The molecule has 0 radical (unpaired) electrons. The van der Waals surface area contributed by atoms with Crippen molar-refractivity contribution in [2.75, 3.05) is 32.0 Å². The van der Waals surface area contributed by atoms with E-state index in [0.29, 0.717) is 35.9 Å². The minimum Gasteiger partial charge on any atom is -0.382 e. The van der Waals surface area contributed by atoms with Crippen LogP contribution in [0.3, 0.4) is 0 Å². The van der Waals surface area contributed by atoms with Gasteiger partial charge in [-0.2, -0.15) is 13.2 Å². The molecule has 0 saturated carbocycles. The quantitative estimate of drug-likeness (QED) is 0.635. The third-order valence-electron chi connectivity index (χ3n) is 5.62. The number of fused-ring (bicyclic) bond motifs is 1. The average Bonchev–Trinajstić information content (AvgIpc) is 2.71. The number of benzene rings is 1. The molecule has 168 valence electrons. The number of nitrogens with one attached hydrogen (secondary N) is 2. The molecule has 3 rings (SSSR count). The van der Waals surface area contributed by atoms with Gasteiger partial charge >= 0.3 is 6.18 Å². The van der Waals surface area contributed by atoms with Crippen LogP contribution >= 0.6 is 0 Å². The van der Waals surface area contributed by atoms with Gasteiger partial charge in [0.2, 0.25) is 5.91 Å². The summed E-state index contributed by atoms with van der Waals surface area (Å²) < 4.78 is 40.5. The van der Waals surface area contributed by atoms with E-state index in [2.05, 4.69) is 34.1 Å². The lowest BCUT2D eigenvalue weighted by Crippen LogP contribution is -2.36. The maximum absolute atomic E-state index is 13.5. The molecule has 1 saturated heterocycles. The first kappa shape index (κ1) is 23.1. The van der Waals surface area contributed by atoms with E-state index >= 15 is 0 Å². The first-order chi connectivity index (χ1) is 14.6. The molecular weight excluding hydrogens is 405 g/mol. The molecule has 0 spiro atoms. The topological polar surface area (TPSA) is 57.3 Å². The lowest BCUT2D eigenvalue weighted by molar-refractivity contribution is -0.118. The second-order valence-electron chi connectivity index (χ2n) is 8.15. The summed E-state index contributed by atoms with van der Waals surface area (Å²) in [7, 11) is 2.09. The Labute approximate surface area is 180 Å². The molecule has 0 unspecified atom stereocenters. The van der Waals surface area contributed by atoms with Crippen molar-refractivity contribution in [3.05, 3.63) is 42.2 Å². The number of amides is 1. The van der Waals surface area contributed by atoms with Crippen LogP contribution < -0.4 is 10.6 Å². The number of halogens is 3. The fourth-order valence-electron chi connectivity index (χ4n) is 3.85. The van der Waals surface area contributed by atoms with Crippen LogP contribution in [0.1, 0.15) is 37.6 Å². The number of anilines is 1. The highest BCUT2D eigenvalue weighted by molar-refractivity contribution is 6.00. The number of hydrogen-bond acceptors (Lipinski definition) is 4. The average molecular weight is 435 g/mol. The number of aryl methyl sites for hydroxylation is 1. The summed E-state index contributed by atoms with van der Waals surface area (Å²) in [6, 6.07) is 7.45. The molecule has 2 N–H and O–H groups in total. The largest absolute Gasteiger partial charge is 0.417 e. The molecule has 0 bridgehead atoms. The molecule has 1 aliphatic rings. The van der Waals surface area contributed by atoms with Gasteiger partial charge in [-0.1, -0.05) is 18.7 Å². The van der Waals surface area contributed by atoms with Gasteiger partial charge in [-0.25, -0.2) is 0 Å². The Morgan fingerprint density at radius 3 is 2.61 bits per heavy atom. The van der Waals surface area contributed by atoms with E-state index in [-0.39, 0.29) is 17.6 Å². The summed E-state index contributed by atoms with van der Waals surface area (Å²) in [6.45, 7) is 7.13. The fourth-order valence-corrected chi connectivity index (χ4v) is 3.85. The van der Waals surface area contributed by atoms with Crippen molar-refractivity contribution >= 4 is 27.9 Å². The number of hydrogen-bond donors (Lipinski definition) is 2. The Morgan fingerprint density at radius 1 is 1.26 bits per heavy atom. The van der Waals surface area contributed by atoms with Crippen LogP contribution in [0.2, 0.25) is 0 Å². The minimum atomic E-state index is -4.56. The van der Waals surface area contributed by atoms with E-state index in [9.17, 15) is 18.0 Å². The van der Waals surface area contributed by atoms with E-state index in [1.54, 1.807) is 12.1 Å². The highest BCUT2D eigenvalue weighted by atomic mass is 19.4. The Bertz CT molecular complexity index is 950. The Hall–Kier alpha value is -2.61. The van der Waals surface area contributed by atoms with E-state index in [1.165, 1.54) is 6.92 Å². The number of nitrogens with zero attached hydrogens (tertiary/aromatic N) is 2. The molecule has 5 nitrogen and oxygen atoms in total. The summed E-state index contributed by atoms with van der Waals surface area (Å²) in [4.78, 5) is 17.6. The molecule has 1 aliphatic heterocycles. The SMILES string of the molecule is C=C(c1nc(CCCNC(C)=O)cc2c(NC3CCN(C)CC3)cccc12)C(F)(F)F. The predicted octanol–water partition coefficient (Wildman–Crippen LogP) is 4.39. The highest BCUT2D eigenvalue weighted by Gasteiger charge is 2.35. The molecule has 1 aromatic carbocycles. The second kappa shape index (κ2) is 9.68. The van der Waals surface area contributed by atoms with E-state index < -0.39 is 11.7 Å². The molecule has 1 aromatic heterocycles. The molecule has 1 amide bonds. The number of piperidine rings is 1. The minimum absolute atomic E-state index is 0.133. The number of pyridine rings is 1. The number of likely N-dealkylation sites (tertiary alicyclic amines) is 1. The van der Waals surface area contributed by atoms with Gasteiger partial charge in [-0.05, 0) is 58.0 Å². The number of aromatic nitrogens is 1. The van der Waals surface area contributed by atoms with Gasteiger partial charge in [-0.3, -0.25) is 9.78 Å². The van der Waals surface area contributed by atoms with E-state index in [1.807, 2.05) is 12.1 Å². The number of alkyl halides is 3. The lowest BCUT2D eigenvalue weighted by atomic mass is 9.99. The lowest BCUT2D eigenvalue weighted by Gasteiger charge is -2.30. The molecule has 0 aliphatic carbocycles. The van der Waals surface area contributed by atoms with Crippen molar-refractivity contribution in [2.24, 2.45) is 0 Å². The zero-order chi connectivity index (χ0) is 22.6. The van der Waals surface area contributed by atoms with E-state index in [0.717, 1.165) is 31.6 Å². The zero-order valence-electron chi connectivity index (χ0n) is 18.0. The smallest absolute Gasteiger partial charge is 0.382 e. The van der Waals surface area contributed by atoms with Crippen LogP contribution in [-0.4, -0.2) is 54.7 Å². The van der Waals surface area contributed by atoms with Crippen molar-refractivity contribution in [3.63, 3.8) is 0 Å². The fraction of sp³-hybridized carbons (Fsp3) is 0.478. The van der Waals surface area contributed by atoms with Gasteiger partial charge in [-0.15, -0.1) is 0 Å². The number of carbonyl (C=O) groups is 1. The van der Waals surface area contributed by atoms with Crippen molar-refractivity contribution in [3.8, 4) is 0 Å². The van der Waals surface area contributed by atoms with Crippen LogP contribution in [0.25, 0.3) is 16.3 Å². The summed E-state index contributed by atoms with van der Waals surface area (Å²) in [5.41, 5.74) is 0.286. The normalized spacial score (nSPS) is 15.8. The highest BCUT2D eigenvalue weighted by Crippen LogP contribution is 2.37. The summed E-state index contributed by atoms with van der Waals surface area (Å²) in [5.74, 6) is -0.137. The van der Waals surface area contributed by atoms with Crippen molar-refractivity contribution in [1.82, 2.24) is 15.2 Å². The molecule has 0 atom stereocenters. The van der Waals surface area contributed by atoms with Gasteiger partial charge in [0.05, 0.1) is 11.3 Å². The van der Waals surface area contributed by atoms with Crippen LogP contribution in [0, 0.1) is 0 Å². The number of rotatable bonds is 7. The van der Waals surface area contributed by atoms with Crippen molar-refractivity contribution in [1.29, 1.82) is 0 Å². The van der Waals surface area contributed by atoms with Crippen LogP contribution in [0.15, 0.2) is 30.8 Å². The maximum atomic E-state index is 13.5. The van der Waals surface area contributed by atoms with Crippen LogP contribution in [0.4, 0.5) is 18.9 Å². The number of carbonyl (C=O) groups excluding carboxylic acids is 1. The predicted molar refractivity (Wildman–Crippen MR) is 118 cm³/mol. The zero-order valence-corrected chi connectivity index (χ0v) is 18.0. The van der Waals surface area contributed by atoms with Gasteiger partial charge in [0.15, 0.2) is 0 Å². The number of allylic oxidation sites excluding steroid dienone is 1. The van der Waals surface area contributed by atoms with Gasteiger partial charge in [0.1, 0.15) is 0 Å².